The molecule has 2 aromatic rings. The SMILES string of the molecule is O=C(/C=C/c1cc(O)cc(O)c1)NCCNC(=O)/C=C/c1cccs1. The molecule has 7 heteroatoms. The minimum absolute atomic E-state index is 0.0848. The molecule has 0 saturated carbocycles. The largest absolute Gasteiger partial charge is 0.508 e. The molecule has 0 fully saturated rings. The lowest BCUT2D eigenvalue weighted by molar-refractivity contribution is -0.118. The molecule has 0 saturated heterocycles. The third kappa shape index (κ3) is 6.92. The van der Waals surface area contributed by atoms with Crippen molar-refractivity contribution in [2.45, 2.75) is 0 Å². The van der Waals surface area contributed by atoms with E-state index in [0.717, 1.165) is 4.88 Å². The zero-order chi connectivity index (χ0) is 18.1. The Morgan fingerprint density at radius 2 is 1.56 bits per heavy atom. The Balaban J connectivity index is 1.68. The zero-order valence-electron chi connectivity index (χ0n) is 13.3. The topological polar surface area (TPSA) is 98.7 Å². The fourth-order valence-electron chi connectivity index (χ4n) is 1.92. The number of aromatic hydroxyl groups is 2. The van der Waals surface area contributed by atoms with Crippen LogP contribution in [0.15, 0.2) is 47.9 Å². The number of phenols is 2. The number of carbonyl (C=O) groups excluding carboxylic acids is 2. The Morgan fingerprint density at radius 1 is 0.960 bits per heavy atom. The van der Waals surface area contributed by atoms with Crippen molar-refractivity contribution in [1.82, 2.24) is 10.6 Å². The van der Waals surface area contributed by atoms with Crippen LogP contribution in [0, 0.1) is 0 Å². The molecule has 2 amide bonds. The van der Waals surface area contributed by atoms with Gasteiger partial charge in [-0.2, -0.15) is 0 Å². The maximum absolute atomic E-state index is 11.7. The van der Waals surface area contributed by atoms with E-state index < -0.39 is 0 Å². The highest BCUT2D eigenvalue weighted by atomic mass is 32.1. The summed E-state index contributed by atoms with van der Waals surface area (Å²) < 4.78 is 0. The number of phenolic OH excluding ortho intramolecular Hbond substituents is 2. The van der Waals surface area contributed by atoms with Crippen molar-refractivity contribution in [3.8, 4) is 11.5 Å². The fourth-order valence-corrected chi connectivity index (χ4v) is 2.54. The number of hydrogen-bond acceptors (Lipinski definition) is 5. The monoisotopic (exact) mass is 358 g/mol. The van der Waals surface area contributed by atoms with Crippen molar-refractivity contribution in [2.75, 3.05) is 13.1 Å². The summed E-state index contributed by atoms with van der Waals surface area (Å²) in [6.07, 6.45) is 5.93. The Bertz CT molecular complexity index is 762. The minimum Gasteiger partial charge on any atom is -0.508 e. The molecule has 6 nitrogen and oxygen atoms in total. The summed E-state index contributed by atoms with van der Waals surface area (Å²) in [6.45, 7) is 0.590. The van der Waals surface area contributed by atoms with Gasteiger partial charge in [-0.05, 0) is 41.3 Å². The van der Waals surface area contributed by atoms with Crippen LogP contribution in [-0.2, 0) is 9.59 Å². The zero-order valence-corrected chi connectivity index (χ0v) is 14.1. The van der Waals surface area contributed by atoms with Crippen molar-refractivity contribution < 1.29 is 19.8 Å². The lowest BCUT2D eigenvalue weighted by Crippen LogP contribution is -2.33. The molecular weight excluding hydrogens is 340 g/mol. The van der Waals surface area contributed by atoms with Gasteiger partial charge in [0, 0.05) is 36.2 Å². The lowest BCUT2D eigenvalue weighted by atomic mass is 10.2. The Kier molecular flexibility index (Phi) is 6.79. The van der Waals surface area contributed by atoms with Crippen molar-refractivity contribution >= 4 is 35.3 Å². The van der Waals surface area contributed by atoms with Crippen LogP contribution in [0.25, 0.3) is 12.2 Å². The van der Waals surface area contributed by atoms with E-state index in [0.29, 0.717) is 12.1 Å². The van der Waals surface area contributed by atoms with Crippen molar-refractivity contribution in [3.05, 3.63) is 58.3 Å². The van der Waals surface area contributed by atoms with Crippen LogP contribution in [0.5, 0.6) is 11.5 Å². The van der Waals surface area contributed by atoms with E-state index >= 15 is 0 Å². The first-order valence-electron chi connectivity index (χ1n) is 7.51. The van der Waals surface area contributed by atoms with Crippen molar-refractivity contribution in [2.24, 2.45) is 0 Å². The first-order valence-corrected chi connectivity index (χ1v) is 8.39. The number of rotatable bonds is 7. The van der Waals surface area contributed by atoms with Gasteiger partial charge in [0.15, 0.2) is 0 Å². The molecule has 2 rings (SSSR count). The molecule has 1 aromatic carbocycles. The van der Waals surface area contributed by atoms with Gasteiger partial charge < -0.3 is 20.8 Å². The van der Waals surface area contributed by atoms with Gasteiger partial charge in [-0.1, -0.05) is 6.07 Å². The molecule has 1 heterocycles. The highest BCUT2D eigenvalue weighted by Crippen LogP contribution is 2.21. The van der Waals surface area contributed by atoms with E-state index in [-0.39, 0.29) is 29.9 Å². The van der Waals surface area contributed by atoms with Gasteiger partial charge in [-0.25, -0.2) is 0 Å². The first kappa shape index (κ1) is 18.3. The normalized spacial score (nSPS) is 11.0. The van der Waals surface area contributed by atoms with Crippen molar-refractivity contribution in [3.63, 3.8) is 0 Å². The molecule has 0 aliphatic heterocycles. The maximum atomic E-state index is 11.7. The van der Waals surface area contributed by atoms with Crippen LogP contribution in [0.1, 0.15) is 10.4 Å². The highest BCUT2D eigenvalue weighted by Gasteiger charge is 1.99. The number of hydrogen-bond donors (Lipinski definition) is 4. The lowest BCUT2D eigenvalue weighted by Gasteiger charge is -2.03. The van der Waals surface area contributed by atoms with Gasteiger partial charge in [0.25, 0.3) is 0 Å². The smallest absolute Gasteiger partial charge is 0.244 e. The van der Waals surface area contributed by atoms with Gasteiger partial charge in [0.2, 0.25) is 11.8 Å². The molecule has 130 valence electrons. The number of carbonyl (C=O) groups is 2. The molecule has 0 atom stereocenters. The van der Waals surface area contributed by atoms with E-state index in [1.54, 1.807) is 6.08 Å². The standard InChI is InChI=1S/C18H18N2O4S/c21-14-10-13(11-15(22)12-14)3-5-17(23)19-7-8-20-18(24)6-4-16-2-1-9-25-16/h1-6,9-12,21-22H,7-8H2,(H,19,23)(H,20,24)/b5-3+,6-4+. The second-order valence-electron chi connectivity index (χ2n) is 5.05. The second kappa shape index (κ2) is 9.29. The molecule has 0 aliphatic rings. The molecule has 4 N–H and O–H groups in total. The molecule has 0 radical (unpaired) electrons. The third-order valence-electron chi connectivity index (χ3n) is 3.02. The van der Waals surface area contributed by atoms with Gasteiger partial charge in [-0.3, -0.25) is 9.59 Å². The maximum Gasteiger partial charge on any atom is 0.244 e. The average molecular weight is 358 g/mol. The Labute approximate surface area is 149 Å². The fraction of sp³-hybridized carbons (Fsp3) is 0.111. The molecule has 1 aromatic heterocycles. The summed E-state index contributed by atoms with van der Waals surface area (Å²) in [5.41, 5.74) is 0.500. The molecule has 0 aliphatic carbocycles. The van der Waals surface area contributed by atoms with Gasteiger partial charge in [0.05, 0.1) is 0 Å². The second-order valence-corrected chi connectivity index (χ2v) is 6.03. The molecule has 0 spiro atoms. The number of nitrogens with one attached hydrogen (secondary N) is 2. The third-order valence-corrected chi connectivity index (χ3v) is 3.86. The van der Waals surface area contributed by atoms with E-state index in [9.17, 15) is 19.8 Å². The summed E-state index contributed by atoms with van der Waals surface area (Å²) in [5, 5.41) is 25.9. The van der Waals surface area contributed by atoms with E-state index in [1.165, 1.54) is 47.8 Å². The van der Waals surface area contributed by atoms with Gasteiger partial charge >= 0.3 is 0 Å². The van der Waals surface area contributed by atoms with Crippen LogP contribution < -0.4 is 10.6 Å². The van der Waals surface area contributed by atoms with E-state index in [2.05, 4.69) is 10.6 Å². The van der Waals surface area contributed by atoms with Crippen LogP contribution >= 0.6 is 11.3 Å². The van der Waals surface area contributed by atoms with Crippen LogP contribution in [-0.4, -0.2) is 35.1 Å². The summed E-state index contributed by atoms with van der Waals surface area (Å²) in [5.74, 6) is -0.739. The highest BCUT2D eigenvalue weighted by molar-refractivity contribution is 7.10. The Morgan fingerprint density at radius 3 is 2.12 bits per heavy atom. The minimum atomic E-state index is -0.341. The summed E-state index contributed by atoms with van der Waals surface area (Å²) in [4.78, 5) is 24.2. The summed E-state index contributed by atoms with van der Waals surface area (Å²) in [6, 6.07) is 7.86. The summed E-state index contributed by atoms with van der Waals surface area (Å²) >= 11 is 1.54. The molecule has 0 bridgehead atoms. The van der Waals surface area contributed by atoms with Crippen molar-refractivity contribution in [1.29, 1.82) is 0 Å². The molecule has 25 heavy (non-hydrogen) atoms. The van der Waals surface area contributed by atoms with Crippen LogP contribution in [0.2, 0.25) is 0 Å². The average Bonchev–Trinajstić information content (AvgIpc) is 3.07. The van der Waals surface area contributed by atoms with Gasteiger partial charge in [0.1, 0.15) is 11.5 Å². The predicted molar refractivity (Wildman–Crippen MR) is 98.2 cm³/mol. The Hall–Kier alpha value is -3.06. The quantitative estimate of drug-likeness (QED) is 0.450. The number of benzene rings is 1. The van der Waals surface area contributed by atoms with Gasteiger partial charge in [-0.15, -0.1) is 11.3 Å². The first-order chi connectivity index (χ1) is 12.0. The van der Waals surface area contributed by atoms with E-state index in [1.807, 2.05) is 17.5 Å². The predicted octanol–water partition coefficient (Wildman–Crippen LogP) is 2.12. The number of thiophene rings is 1. The number of amides is 2. The van der Waals surface area contributed by atoms with Crippen LogP contribution in [0.3, 0.4) is 0 Å². The summed E-state index contributed by atoms with van der Waals surface area (Å²) in [7, 11) is 0. The van der Waals surface area contributed by atoms with Crippen LogP contribution in [0.4, 0.5) is 0 Å². The molecule has 0 unspecified atom stereocenters. The molecular formula is C18H18N2O4S. The van der Waals surface area contributed by atoms with E-state index in [4.69, 9.17) is 0 Å².